The molecule has 0 aliphatic rings. The summed E-state index contributed by atoms with van der Waals surface area (Å²) < 4.78 is 4.93. The number of benzene rings is 2. The molecule has 0 saturated heterocycles. The zero-order chi connectivity index (χ0) is 26.7. The van der Waals surface area contributed by atoms with E-state index in [-0.39, 0.29) is 25.6 Å². The van der Waals surface area contributed by atoms with Crippen molar-refractivity contribution in [1.82, 2.24) is 10.2 Å². The summed E-state index contributed by atoms with van der Waals surface area (Å²) >= 11 is 0. The number of carbonyl (C=O) groups is 3. The molecule has 0 bridgehead atoms. The molecule has 37 heavy (non-hydrogen) atoms. The molecular weight excluding hydrogens is 464 g/mol. The third-order valence-electron chi connectivity index (χ3n) is 6.33. The summed E-state index contributed by atoms with van der Waals surface area (Å²) in [7, 11) is 0. The Morgan fingerprint density at radius 1 is 0.730 bits per heavy atom. The monoisotopic (exact) mass is 508 g/mol. The fourth-order valence-electron chi connectivity index (χ4n) is 4.27. The molecule has 2 rings (SSSR count). The van der Waals surface area contributed by atoms with Gasteiger partial charge in [-0.2, -0.15) is 0 Å². The van der Waals surface area contributed by atoms with Gasteiger partial charge in [-0.15, -0.1) is 0 Å². The van der Waals surface area contributed by atoms with Crippen LogP contribution in [0.4, 0.5) is 0 Å². The summed E-state index contributed by atoms with van der Waals surface area (Å²) in [4.78, 5) is 39.1. The highest BCUT2D eigenvalue weighted by atomic mass is 16.5. The summed E-state index contributed by atoms with van der Waals surface area (Å²) in [6.45, 7) is 5.18. The second-order valence-electron chi connectivity index (χ2n) is 9.51. The lowest BCUT2D eigenvalue weighted by Gasteiger charge is -2.22. The second kappa shape index (κ2) is 18.1. The maximum atomic E-state index is 12.8. The molecule has 2 amide bonds. The number of nitrogens with one attached hydrogen (secondary N) is 1. The van der Waals surface area contributed by atoms with Gasteiger partial charge in [0.05, 0.1) is 6.61 Å². The summed E-state index contributed by atoms with van der Waals surface area (Å²) in [6, 6.07) is 16.7. The largest absolute Gasteiger partial charge is 0.459 e. The first-order valence-electron chi connectivity index (χ1n) is 13.9. The van der Waals surface area contributed by atoms with Crippen molar-refractivity contribution < 1.29 is 19.1 Å². The number of rotatable bonds is 17. The molecule has 0 fully saturated rings. The molecule has 6 nitrogen and oxygen atoms in total. The molecule has 2 aromatic rings. The molecule has 202 valence electrons. The Bertz CT molecular complexity index is 945. The van der Waals surface area contributed by atoms with Crippen molar-refractivity contribution in [3.63, 3.8) is 0 Å². The molecule has 0 aromatic heterocycles. The molecule has 1 N–H and O–H groups in total. The third kappa shape index (κ3) is 12.1. The predicted molar refractivity (Wildman–Crippen MR) is 148 cm³/mol. The number of esters is 1. The van der Waals surface area contributed by atoms with Crippen LogP contribution in [0, 0.1) is 0 Å². The van der Waals surface area contributed by atoms with Gasteiger partial charge in [0.1, 0.15) is 0 Å². The molecule has 0 aliphatic heterocycles. The van der Waals surface area contributed by atoms with Crippen LogP contribution >= 0.6 is 0 Å². The van der Waals surface area contributed by atoms with E-state index >= 15 is 0 Å². The van der Waals surface area contributed by atoms with Gasteiger partial charge in [0.2, 0.25) is 0 Å². The van der Waals surface area contributed by atoms with Crippen molar-refractivity contribution in [2.75, 3.05) is 13.2 Å². The van der Waals surface area contributed by atoms with E-state index in [1.165, 1.54) is 56.3 Å². The molecule has 0 heterocycles. The van der Waals surface area contributed by atoms with E-state index in [1.54, 1.807) is 25.1 Å². The van der Waals surface area contributed by atoms with Gasteiger partial charge in [0.25, 0.3) is 5.91 Å². The van der Waals surface area contributed by atoms with Crippen LogP contribution in [0.25, 0.3) is 0 Å². The lowest BCUT2D eigenvalue weighted by atomic mass is 10.1. The molecule has 0 atom stereocenters. The van der Waals surface area contributed by atoms with Crippen molar-refractivity contribution in [1.29, 1.82) is 0 Å². The van der Waals surface area contributed by atoms with Crippen LogP contribution in [0.2, 0.25) is 0 Å². The highest BCUT2D eigenvalue weighted by molar-refractivity contribution is 6.32. The molecular formula is C31H44N2O4. The number of carbonyl (C=O) groups excluding carboxylic acids is 3. The van der Waals surface area contributed by atoms with E-state index in [0.29, 0.717) is 12.1 Å². The summed E-state index contributed by atoms with van der Waals surface area (Å²) in [6.07, 6.45) is 12.6. The average Bonchev–Trinajstić information content (AvgIpc) is 2.91. The van der Waals surface area contributed by atoms with Crippen LogP contribution in [0.1, 0.15) is 99.5 Å². The van der Waals surface area contributed by atoms with Crippen molar-refractivity contribution in [3.8, 4) is 0 Å². The molecule has 0 spiro atoms. The number of amides is 2. The van der Waals surface area contributed by atoms with Crippen LogP contribution in [0.5, 0.6) is 0 Å². The highest BCUT2D eigenvalue weighted by Gasteiger charge is 2.24. The van der Waals surface area contributed by atoms with E-state index in [1.807, 2.05) is 36.4 Å². The van der Waals surface area contributed by atoms with Gasteiger partial charge in [-0.05, 0) is 36.6 Å². The number of hydrogen-bond acceptors (Lipinski definition) is 4. The minimum absolute atomic E-state index is 0.121. The van der Waals surface area contributed by atoms with Gasteiger partial charge in [0.15, 0.2) is 0 Å². The standard InChI is InChI=1S/C31H44N2O4/c1-3-5-6-7-8-9-10-11-12-16-22-32-29(34)28-21-17-20-27(23-28)25-33(30(35)31(36)37-4-2)24-26-18-14-13-15-19-26/h13-15,17-21,23H,3-12,16,22,24-25H2,1-2H3,(H,32,34). The van der Waals surface area contributed by atoms with Crippen LogP contribution in [0.15, 0.2) is 54.6 Å². The highest BCUT2D eigenvalue weighted by Crippen LogP contribution is 2.14. The van der Waals surface area contributed by atoms with Crippen molar-refractivity contribution in [2.24, 2.45) is 0 Å². The van der Waals surface area contributed by atoms with E-state index in [4.69, 9.17) is 4.74 Å². The van der Waals surface area contributed by atoms with Crippen LogP contribution < -0.4 is 5.32 Å². The topological polar surface area (TPSA) is 75.7 Å². The van der Waals surface area contributed by atoms with Crippen LogP contribution in [-0.2, 0) is 27.4 Å². The van der Waals surface area contributed by atoms with Crippen LogP contribution in [0.3, 0.4) is 0 Å². The minimum atomic E-state index is -0.871. The number of ether oxygens (including phenoxy) is 1. The minimum Gasteiger partial charge on any atom is -0.459 e. The summed E-state index contributed by atoms with van der Waals surface area (Å²) in [5.74, 6) is -1.69. The first-order valence-corrected chi connectivity index (χ1v) is 13.9. The Kier molecular flexibility index (Phi) is 14.8. The van der Waals surface area contributed by atoms with Crippen molar-refractivity contribution >= 4 is 17.8 Å². The Balaban J connectivity index is 1.83. The Morgan fingerprint density at radius 3 is 1.97 bits per heavy atom. The number of nitrogens with zero attached hydrogens (tertiary/aromatic N) is 1. The summed E-state index contributed by atoms with van der Waals surface area (Å²) in [5.41, 5.74) is 2.23. The maximum absolute atomic E-state index is 12.8. The first kappa shape index (κ1) is 30.1. The summed E-state index contributed by atoms with van der Waals surface area (Å²) in [5, 5.41) is 3.01. The van der Waals surface area contributed by atoms with Gasteiger partial charge in [0, 0.05) is 25.2 Å². The van der Waals surface area contributed by atoms with Gasteiger partial charge in [-0.3, -0.25) is 9.59 Å². The zero-order valence-corrected chi connectivity index (χ0v) is 22.7. The van der Waals surface area contributed by atoms with Gasteiger partial charge in [-0.1, -0.05) is 107 Å². The van der Waals surface area contributed by atoms with Gasteiger partial charge >= 0.3 is 11.9 Å². The SMILES string of the molecule is CCCCCCCCCCCCNC(=O)c1cccc(CN(Cc2ccccc2)C(=O)C(=O)OCC)c1. The zero-order valence-electron chi connectivity index (χ0n) is 22.7. The van der Waals surface area contributed by atoms with Crippen molar-refractivity contribution in [2.45, 2.75) is 91.1 Å². The van der Waals surface area contributed by atoms with Gasteiger partial charge < -0.3 is 15.0 Å². The fraction of sp³-hybridized carbons (Fsp3) is 0.516. The quantitative estimate of drug-likeness (QED) is 0.152. The first-order chi connectivity index (χ1) is 18.0. The maximum Gasteiger partial charge on any atom is 0.397 e. The smallest absolute Gasteiger partial charge is 0.397 e. The van der Waals surface area contributed by atoms with Crippen molar-refractivity contribution in [3.05, 3.63) is 71.3 Å². The Hall–Kier alpha value is -3.15. The van der Waals surface area contributed by atoms with E-state index in [2.05, 4.69) is 12.2 Å². The Morgan fingerprint density at radius 2 is 1.32 bits per heavy atom. The fourth-order valence-corrected chi connectivity index (χ4v) is 4.27. The molecule has 0 aliphatic carbocycles. The lowest BCUT2D eigenvalue weighted by Crippen LogP contribution is -2.36. The molecule has 6 heteroatoms. The molecule has 0 saturated carbocycles. The second-order valence-corrected chi connectivity index (χ2v) is 9.51. The molecule has 0 unspecified atom stereocenters. The van der Waals surface area contributed by atoms with Crippen LogP contribution in [-0.4, -0.2) is 35.8 Å². The van der Waals surface area contributed by atoms with E-state index in [0.717, 1.165) is 24.0 Å². The number of hydrogen-bond donors (Lipinski definition) is 1. The average molecular weight is 509 g/mol. The third-order valence-corrected chi connectivity index (χ3v) is 6.33. The normalized spacial score (nSPS) is 10.6. The van der Waals surface area contributed by atoms with E-state index < -0.39 is 11.9 Å². The molecule has 2 aromatic carbocycles. The van der Waals surface area contributed by atoms with E-state index in [9.17, 15) is 14.4 Å². The predicted octanol–water partition coefficient (Wildman–Crippen LogP) is 6.43. The Labute approximate surface area is 222 Å². The molecule has 0 radical (unpaired) electrons. The lowest BCUT2D eigenvalue weighted by molar-refractivity contribution is -0.160. The van der Waals surface area contributed by atoms with Gasteiger partial charge in [-0.25, -0.2) is 4.79 Å². The number of unbranched alkanes of at least 4 members (excludes halogenated alkanes) is 9.